The molecule has 2 aromatic rings. The Kier molecular flexibility index (Phi) is 2.38. The summed E-state index contributed by atoms with van der Waals surface area (Å²) >= 11 is 0. The number of aromatic hydroxyl groups is 1. The summed E-state index contributed by atoms with van der Waals surface area (Å²) in [6.07, 6.45) is 0. The van der Waals surface area contributed by atoms with Gasteiger partial charge in [0.15, 0.2) is 0 Å². The van der Waals surface area contributed by atoms with Crippen LogP contribution >= 0.6 is 0 Å². The fourth-order valence-electron chi connectivity index (χ4n) is 1.86. The normalized spacial score (nSPS) is 11.9. The molecule has 0 saturated heterocycles. The van der Waals surface area contributed by atoms with Crippen LogP contribution in [0.25, 0.3) is 10.9 Å². The number of carbonyl (C=O) groups is 1. The minimum Gasteiger partial charge on any atom is -0.508 e. The number of aryl methyl sites for hydroxylation is 1. The van der Waals surface area contributed by atoms with Crippen LogP contribution in [0, 0.1) is 6.92 Å². The van der Waals surface area contributed by atoms with Gasteiger partial charge < -0.3 is 15.2 Å². The lowest BCUT2D eigenvalue weighted by molar-refractivity contribution is -0.142. The van der Waals surface area contributed by atoms with E-state index < -0.39 is 11.4 Å². The highest BCUT2D eigenvalue weighted by Gasteiger charge is 2.31. The molecule has 0 saturated carbocycles. The highest BCUT2D eigenvalue weighted by molar-refractivity contribution is 5.88. The van der Waals surface area contributed by atoms with E-state index in [4.69, 9.17) is 0 Å². The van der Waals surface area contributed by atoms with E-state index in [2.05, 4.69) is 4.98 Å². The van der Waals surface area contributed by atoms with Gasteiger partial charge in [-0.15, -0.1) is 0 Å². The number of aromatic nitrogens is 1. The first kappa shape index (κ1) is 11.5. The van der Waals surface area contributed by atoms with Gasteiger partial charge in [-0.3, -0.25) is 4.79 Å². The second kappa shape index (κ2) is 3.52. The van der Waals surface area contributed by atoms with Crippen molar-refractivity contribution in [1.82, 2.24) is 4.98 Å². The molecule has 0 fully saturated rings. The third-order valence-corrected chi connectivity index (χ3v) is 3.12. The van der Waals surface area contributed by atoms with E-state index >= 15 is 0 Å². The summed E-state index contributed by atoms with van der Waals surface area (Å²) in [6.45, 7) is 5.17. The Balaban J connectivity index is 2.67. The Morgan fingerprint density at radius 3 is 2.53 bits per heavy atom. The molecule has 1 aromatic heterocycles. The van der Waals surface area contributed by atoms with Crippen molar-refractivity contribution in [2.24, 2.45) is 0 Å². The summed E-state index contributed by atoms with van der Waals surface area (Å²) in [4.78, 5) is 14.3. The van der Waals surface area contributed by atoms with Crippen molar-refractivity contribution in [2.75, 3.05) is 0 Å². The highest BCUT2D eigenvalue weighted by Crippen LogP contribution is 2.30. The quantitative estimate of drug-likeness (QED) is 0.746. The minimum absolute atomic E-state index is 0.189. The number of hydrogen-bond donors (Lipinski definition) is 3. The fourth-order valence-corrected chi connectivity index (χ4v) is 1.86. The van der Waals surface area contributed by atoms with Crippen molar-refractivity contribution in [3.63, 3.8) is 0 Å². The number of aliphatic carboxylic acids is 1. The SMILES string of the molecule is Cc1cc(O)cc2cc(C(C)(C)C(=O)O)[nH]c12. The molecule has 0 unspecified atom stereocenters. The van der Waals surface area contributed by atoms with E-state index in [0.29, 0.717) is 5.69 Å². The van der Waals surface area contributed by atoms with Crippen LogP contribution in [-0.4, -0.2) is 21.2 Å². The molecule has 0 aliphatic carbocycles. The van der Waals surface area contributed by atoms with E-state index in [1.165, 1.54) is 0 Å². The first-order valence-corrected chi connectivity index (χ1v) is 5.38. The van der Waals surface area contributed by atoms with Gasteiger partial charge in [0.1, 0.15) is 11.2 Å². The van der Waals surface area contributed by atoms with Crippen molar-refractivity contribution >= 4 is 16.9 Å². The van der Waals surface area contributed by atoms with Crippen LogP contribution in [0.1, 0.15) is 25.1 Å². The number of benzene rings is 1. The third-order valence-electron chi connectivity index (χ3n) is 3.12. The first-order valence-electron chi connectivity index (χ1n) is 5.38. The summed E-state index contributed by atoms with van der Waals surface area (Å²) in [7, 11) is 0. The maximum Gasteiger partial charge on any atom is 0.315 e. The molecule has 0 bridgehead atoms. The molecule has 1 aromatic carbocycles. The number of aromatic amines is 1. The number of hydrogen-bond acceptors (Lipinski definition) is 2. The van der Waals surface area contributed by atoms with E-state index in [1.807, 2.05) is 6.92 Å². The number of carboxylic acid groups (broad SMARTS) is 1. The van der Waals surface area contributed by atoms with Gasteiger partial charge in [-0.1, -0.05) is 0 Å². The Hall–Kier alpha value is -1.97. The lowest BCUT2D eigenvalue weighted by Gasteiger charge is -2.16. The van der Waals surface area contributed by atoms with Gasteiger partial charge in [0, 0.05) is 16.6 Å². The molecule has 17 heavy (non-hydrogen) atoms. The summed E-state index contributed by atoms with van der Waals surface area (Å²) in [5, 5.41) is 19.5. The molecule has 0 amide bonds. The predicted molar refractivity (Wildman–Crippen MR) is 65.4 cm³/mol. The van der Waals surface area contributed by atoms with Crippen LogP contribution in [0.2, 0.25) is 0 Å². The van der Waals surface area contributed by atoms with Crippen molar-refractivity contribution in [1.29, 1.82) is 0 Å². The Labute approximate surface area is 98.9 Å². The zero-order valence-electron chi connectivity index (χ0n) is 10.0. The highest BCUT2D eigenvalue weighted by atomic mass is 16.4. The molecule has 1 heterocycles. The van der Waals surface area contributed by atoms with Crippen molar-refractivity contribution in [3.8, 4) is 5.75 Å². The van der Waals surface area contributed by atoms with Crippen LogP contribution < -0.4 is 0 Å². The lowest BCUT2D eigenvalue weighted by Crippen LogP contribution is -2.28. The molecule has 0 aliphatic heterocycles. The number of nitrogens with one attached hydrogen (secondary N) is 1. The molecule has 0 atom stereocenters. The fraction of sp³-hybridized carbons (Fsp3) is 0.308. The molecule has 4 heteroatoms. The molecule has 0 radical (unpaired) electrons. The summed E-state index contributed by atoms with van der Waals surface area (Å²) in [5.41, 5.74) is 1.43. The second-order valence-corrected chi connectivity index (χ2v) is 4.84. The number of phenols is 1. The molecular weight excluding hydrogens is 218 g/mol. The first-order chi connectivity index (χ1) is 7.82. The average Bonchev–Trinajstić information content (AvgIpc) is 2.61. The van der Waals surface area contributed by atoms with Crippen LogP contribution in [0.5, 0.6) is 5.75 Å². The number of phenolic OH excluding ortho intramolecular Hbond substituents is 1. The van der Waals surface area contributed by atoms with Crippen molar-refractivity contribution in [3.05, 3.63) is 29.5 Å². The smallest absolute Gasteiger partial charge is 0.315 e. The van der Waals surface area contributed by atoms with Gasteiger partial charge in [0.2, 0.25) is 0 Å². The predicted octanol–water partition coefficient (Wildman–Crippen LogP) is 2.54. The number of carboxylic acids is 1. The van der Waals surface area contributed by atoms with Crippen LogP contribution in [0.4, 0.5) is 0 Å². The second-order valence-electron chi connectivity index (χ2n) is 4.84. The average molecular weight is 233 g/mol. The summed E-state index contributed by atoms with van der Waals surface area (Å²) < 4.78 is 0. The molecule has 2 rings (SSSR count). The van der Waals surface area contributed by atoms with Gasteiger partial charge >= 0.3 is 5.97 Å². The van der Waals surface area contributed by atoms with Gasteiger partial charge in [0.05, 0.1) is 0 Å². The minimum atomic E-state index is -0.971. The van der Waals surface area contributed by atoms with Gasteiger partial charge in [-0.2, -0.15) is 0 Å². The molecule has 3 N–H and O–H groups in total. The largest absolute Gasteiger partial charge is 0.508 e. The molecular formula is C13H15NO3. The molecule has 4 nitrogen and oxygen atoms in total. The summed E-state index contributed by atoms with van der Waals surface area (Å²) in [5.74, 6) is -0.695. The van der Waals surface area contributed by atoms with E-state index in [0.717, 1.165) is 16.5 Å². The Bertz CT molecular complexity index is 596. The van der Waals surface area contributed by atoms with Crippen LogP contribution in [0.15, 0.2) is 18.2 Å². The standard InChI is InChI=1S/C13H15NO3/c1-7-4-9(15)5-8-6-10(14-11(7)8)13(2,3)12(16)17/h4-6,14-15H,1-3H3,(H,16,17). The zero-order chi connectivity index (χ0) is 12.8. The number of fused-ring (bicyclic) bond motifs is 1. The van der Waals surface area contributed by atoms with E-state index in [9.17, 15) is 15.0 Å². The van der Waals surface area contributed by atoms with Gasteiger partial charge in [-0.05, 0) is 44.5 Å². The van der Waals surface area contributed by atoms with E-state index in [-0.39, 0.29) is 5.75 Å². The third kappa shape index (κ3) is 1.75. The Morgan fingerprint density at radius 1 is 1.29 bits per heavy atom. The van der Waals surface area contributed by atoms with Crippen LogP contribution in [0.3, 0.4) is 0 Å². The lowest BCUT2D eigenvalue weighted by atomic mass is 9.90. The maximum atomic E-state index is 11.2. The van der Waals surface area contributed by atoms with Gasteiger partial charge in [-0.25, -0.2) is 0 Å². The summed E-state index contributed by atoms with van der Waals surface area (Å²) in [6, 6.07) is 5.05. The van der Waals surface area contributed by atoms with Crippen LogP contribution in [-0.2, 0) is 10.2 Å². The molecule has 0 aliphatic rings. The number of H-pyrrole nitrogens is 1. The monoisotopic (exact) mass is 233 g/mol. The Morgan fingerprint density at radius 2 is 1.94 bits per heavy atom. The van der Waals surface area contributed by atoms with Gasteiger partial charge in [0.25, 0.3) is 0 Å². The van der Waals surface area contributed by atoms with Crippen molar-refractivity contribution in [2.45, 2.75) is 26.2 Å². The van der Waals surface area contributed by atoms with Crippen molar-refractivity contribution < 1.29 is 15.0 Å². The number of rotatable bonds is 2. The zero-order valence-corrected chi connectivity index (χ0v) is 10.0. The maximum absolute atomic E-state index is 11.2. The topological polar surface area (TPSA) is 73.3 Å². The van der Waals surface area contributed by atoms with E-state index in [1.54, 1.807) is 32.0 Å². The molecule has 90 valence electrons. The molecule has 0 spiro atoms.